The van der Waals surface area contributed by atoms with Crippen LogP contribution in [0.5, 0.6) is 0 Å². The van der Waals surface area contributed by atoms with Gasteiger partial charge in [-0.05, 0) is 41.7 Å². The molecule has 0 aromatic heterocycles. The fourth-order valence-corrected chi connectivity index (χ4v) is 7.73. The predicted molar refractivity (Wildman–Crippen MR) is 225 cm³/mol. The van der Waals surface area contributed by atoms with Crippen LogP contribution in [0.25, 0.3) is 0 Å². The number of esters is 1. The first-order valence-electron chi connectivity index (χ1n) is 20.8. The highest BCUT2D eigenvalue weighted by Gasteiger charge is 2.53. The van der Waals surface area contributed by atoms with Crippen molar-refractivity contribution in [3.63, 3.8) is 0 Å². The van der Waals surface area contributed by atoms with Gasteiger partial charge < -0.3 is 42.6 Å². The van der Waals surface area contributed by atoms with E-state index in [0.717, 1.165) is 27.8 Å². The molecular formula is C50H56O10. The van der Waals surface area contributed by atoms with Gasteiger partial charge in [0.25, 0.3) is 0 Å². The molecule has 2 saturated heterocycles. The van der Waals surface area contributed by atoms with Crippen molar-refractivity contribution >= 4 is 5.97 Å². The average molecular weight is 817 g/mol. The molecule has 0 spiro atoms. The lowest BCUT2D eigenvalue weighted by Gasteiger charge is -2.49. The van der Waals surface area contributed by atoms with E-state index in [4.69, 9.17) is 42.6 Å². The Morgan fingerprint density at radius 2 is 0.833 bits per heavy atom. The minimum Gasteiger partial charge on any atom is -0.457 e. The average Bonchev–Trinajstić information content (AvgIpc) is 3.27. The summed E-state index contributed by atoms with van der Waals surface area (Å²) in [5, 5.41) is 0. The van der Waals surface area contributed by atoms with Crippen molar-refractivity contribution in [2.45, 2.75) is 115 Å². The third-order valence-corrected chi connectivity index (χ3v) is 10.7. The van der Waals surface area contributed by atoms with Gasteiger partial charge in [-0.2, -0.15) is 0 Å². The summed E-state index contributed by atoms with van der Waals surface area (Å²) >= 11 is 0. The van der Waals surface area contributed by atoms with Gasteiger partial charge >= 0.3 is 5.97 Å². The van der Waals surface area contributed by atoms with Gasteiger partial charge in [-0.25, -0.2) is 0 Å². The van der Waals surface area contributed by atoms with Crippen molar-refractivity contribution in [3.05, 3.63) is 179 Å². The zero-order chi connectivity index (χ0) is 41.5. The molecule has 7 rings (SSSR count). The van der Waals surface area contributed by atoms with E-state index in [9.17, 15) is 4.79 Å². The molecule has 60 heavy (non-hydrogen) atoms. The summed E-state index contributed by atoms with van der Waals surface area (Å²) in [4.78, 5) is 12.7. The Hall–Kier alpha value is -4.75. The van der Waals surface area contributed by atoms with Crippen molar-refractivity contribution < 1.29 is 47.4 Å². The molecule has 2 fully saturated rings. The van der Waals surface area contributed by atoms with Gasteiger partial charge in [0.1, 0.15) is 36.6 Å². The van der Waals surface area contributed by atoms with Crippen LogP contribution in [0.4, 0.5) is 0 Å². The third kappa shape index (κ3) is 12.2. The minimum atomic E-state index is -1.06. The summed E-state index contributed by atoms with van der Waals surface area (Å²) in [6.45, 7) is 6.81. The Kier molecular flexibility index (Phi) is 16.0. The lowest BCUT2D eigenvalue weighted by atomic mass is 9.94. The first-order valence-corrected chi connectivity index (χ1v) is 20.8. The molecule has 5 aromatic rings. The molecule has 2 aliphatic rings. The second kappa shape index (κ2) is 22.2. The first-order chi connectivity index (χ1) is 29.4. The monoisotopic (exact) mass is 816 g/mol. The SMILES string of the molecule is CC(=O)OC1[C@H](C)OC(C)[C@H](OCc2ccccc2)[C@@H]1OC1O[C@@H](COCc2ccccc2)[C@@H](OCc2ccccc2)C(OCc2ccccc2)C1OCc1ccccc1. The molecule has 10 atom stereocenters. The van der Waals surface area contributed by atoms with Gasteiger partial charge in [0.2, 0.25) is 0 Å². The van der Waals surface area contributed by atoms with E-state index in [0.29, 0.717) is 13.2 Å². The van der Waals surface area contributed by atoms with E-state index >= 15 is 0 Å². The van der Waals surface area contributed by atoms with Crippen LogP contribution in [0.3, 0.4) is 0 Å². The number of benzene rings is 5. The number of hydrogen-bond acceptors (Lipinski definition) is 10. The maximum absolute atomic E-state index is 12.7. The van der Waals surface area contributed by atoms with E-state index in [1.54, 1.807) is 0 Å². The van der Waals surface area contributed by atoms with Gasteiger partial charge in [-0.15, -0.1) is 0 Å². The molecule has 0 saturated carbocycles. The minimum absolute atomic E-state index is 0.159. The first kappa shape index (κ1) is 43.3. The molecule has 0 bridgehead atoms. The van der Waals surface area contributed by atoms with Crippen molar-refractivity contribution in [3.8, 4) is 0 Å². The van der Waals surface area contributed by atoms with E-state index in [1.165, 1.54) is 6.92 Å². The Balaban J connectivity index is 1.26. The van der Waals surface area contributed by atoms with Crippen LogP contribution in [0.1, 0.15) is 48.6 Å². The zero-order valence-corrected chi connectivity index (χ0v) is 34.5. The molecule has 316 valence electrons. The highest BCUT2D eigenvalue weighted by atomic mass is 16.7. The molecule has 10 nitrogen and oxygen atoms in total. The molecule has 10 heteroatoms. The second-order valence-corrected chi connectivity index (χ2v) is 15.3. The largest absolute Gasteiger partial charge is 0.457 e. The van der Waals surface area contributed by atoms with Crippen LogP contribution in [-0.2, 0) is 80.5 Å². The fraction of sp³-hybridized carbons (Fsp3) is 0.380. The van der Waals surface area contributed by atoms with E-state index in [1.807, 2.05) is 166 Å². The number of carbonyl (C=O) groups is 1. The molecular weight excluding hydrogens is 761 g/mol. The fourth-order valence-electron chi connectivity index (χ4n) is 7.73. The standard InChI is InChI=1S/C50H56O10/c1-35-44(53-30-39-21-11-5-12-22-39)48(45(36(2)57-35)58-37(3)51)60-50-49(56-33-42-27-17-8-18-28-42)47(55-32-41-25-15-7-16-26-41)46(54-31-40-23-13-6-14-24-40)43(59-50)34-52-29-38-19-9-4-10-20-38/h4-28,35-36,43-50H,29-34H2,1-3H3/t35?,36-,43-,44-,45?,46+,47?,48-,49?,50?/m0/s1. The summed E-state index contributed by atoms with van der Waals surface area (Å²) in [5.41, 5.74) is 4.95. The lowest BCUT2D eigenvalue weighted by molar-refractivity contribution is -0.359. The van der Waals surface area contributed by atoms with Crippen LogP contribution in [0.15, 0.2) is 152 Å². The van der Waals surface area contributed by atoms with Crippen LogP contribution >= 0.6 is 0 Å². The predicted octanol–water partition coefficient (Wildman–Crippen LogP) is 8.39. The van der Waals surface area contributed by atoms with Crippen LogP contribution in [0, 0.1) is 0 Å². The highest BCUT2D eigenvalue weighted by molar-refractivity contribution is 5.66. The van der Waals surface area contributed by atoms with Gasteiger partial charge in [-0.3, -0.25) is 4.79 Å². The maximum Gasteiger partial charge on any atom is 0.303 e. The number of carbonyl (C=O) groups excluding carboxylic acids is 1. The second-order valence-electron chi connectivity index (χ2n) is 15.3. The summed E-state index contributed by atoms with van der Waals surface area (Å²) in [5.74, 6) is -0.465. The van der Waals surface area contributed by atoms with Crippen molar-refractivity contribution in [1.29, 1.82) is 0 Å². The van der Waals surface area contributed by atoms with Crippen molar-refractivity contribution in [2.75, 3.05) is 6.61 Å². The topological polar surface area (TPSA) is 100 Å². The summed E-state index contributed by atoms with van der Waals surface area (Å²) in [6, 6.07) is 49.8. The van der Waals surface area contributed by atoms with Gasteiger partial charge in [0, 0.05) is 6.92 Å². The Bertz CT molecular complexity index is 1970. The number of hydrogen-bond donors (Lipinski definition) is 0. The summed E-state index contributed by atoms with van der Waals surface area (Å²) in [7, 11) is 0. The van der Waals surface area contributed by atoms with Crippen LogP contribution < -0.4 is 0 Å². The molecule has 0 N–H and O–H groups in total. The molecule has 0 radical (unpaired) electrons. The van der Waals surface area contributed by atoms with Crippen molar-refractivity contribution in [2.24, 2.45) is 0 Å². The van der Waals surface area contributed by atoms with E-state index in [-0.39, 0.29) is 26.4 Å². The van der Waals surface area contributed by atoms with Gasteiger partial charge in [0.15, 0.2) is 12.4 Å². The summed E-state index contributed by atoms with van der Waals surface area (Å²) < 4.78 is 60.2. The zero-order valence-electron chi connectivity index (χ0n) is 34.5. The highest BCUT2D eigenvalue weighted by Crippen LogP contribution is 2.36. The van der Waals surface area contributed by atoms with Crippen molar-refractivity contribution in [1.82, 2.24) is 0 Å². The Labute approximate surface area is 353 Å². The molecule has 5 unspecified atom stereocenters. The molecule has 2 heterocycles. The van der Waals surface area contributed by atoms with Crippen LogP contribution in [0.2, 0.25) is 0 Å². The lowest BCUT2D eigenvalue weighted by Crippen LogP contribution is -2.65. The molecule has 0 amide bonds. The van der Waals surface area contributed by atoms with Crippen LogP contribution in [-0.4, -0.2) is 73.8 Å². The molecule has 5 aromatic carbocycles. The Morgan fingerprint density at radius 3 is 1.28 bits per heavy atom. The van der Waals surface area contributed by atoms with Gasteiger partial charge in [0.05, 0.1) is 51.8 Å². The quantitative estimate of drug-likeness (QED) is 0.0756. The molecule has 0 aliphatic carbocycles. The third-order valence-electron chi connectivity index (χ3n) is 10.7. The van der Waals surface area contributed by atoms with E-state index in [2.05, 4.69) is 0 Å². The normalized spacial score (nSPS) is 26.6. The number of ether oxygens (including phenoxy) is 9. The van der Waals surface area contributed by atoms with Gasteiger partial charge in [-0.1, -0.05) is 152 Å². The van der Waals surface area contributed by atoms with E-state index < -0.39 is 67.2 Å². The summed E-state index contributed by atoms with van der Waals surface area (Å²) in [6.07, 6.45) is -7.20. The Morgan fingerprint density at radius 1 is 0.450 bits per heavy atom. The maximum atomic E-state index is 12.7. The molecule has 2 aliphatic heterocycles. The smallest absolute Gasteiger partial charge is 0.303 e. The number of rotatable bonds is 19.